The number of nitrogens with zero attached hydrogens (tertiary/aromatic N) is 5. The van der Waals surface area contributed by atoms with Crippen LogP contribution >= 0.6 is 22.9 Å². The fraction of sp³-hybridized carbons (Fsp3) is 0.355. The molecule has 220 valence electrons. The minimum Gasteiger partial charge on any atom is -0.335 e. The first-order valence-electron chi connectivity index (χ1n) is 14.3. The zero-order valence-corrected chi connectivity index (χ0v) is 26.0. The maximum absolute atomic E-state index is 13.7. The van der Waals surface area contributed by atoms with E-state index in [1.807, 2.05) is 53.4 Å². The van der Waals surface area contributed by atoms with Crippen LogP contribution < -0.4 is 0 Å². The Bertz CT molecular complexity index is 1690. The predicted octanol–water partition coefficient (Wildman–Crippen LogP) is 5.18. The van der Waals surface area contributed by atoms with Crippen molar-refractivity contribution in [2.75, 3.05) is 58.6 Å². The summed E-state index contributed by atoms with van der Waals surface area (Å²) in [5.74, 6) is -0.0844. The van der Waals surface area contributed by atoms with Crippen molar-refractivity contribution in [3.63, 3.8) is 0 Å². The van der Waals surface area contributed by atoms with Crippen molar-refractivity contribution in [3.05, 3.63) is 77.4 Å². The minimum atomic E-state index is -3.33. The molecule has 0 atom stereocenters. The Morgan fingerprint density at radius 2 is 1.55 bits per heavy atom. The Labute approximate surface area is 256 Å². The third kappa shape index (κ3) is 6.33. The lowest BCUT2D eigenvalue weighted by Gasteiger charge is -2.35. The van der Waals surface area contributed by atoms with E-state index in [-0.39, 0.29) is 10.8 Å². The summed E-state index contributed by atoms with van der Waals surface area (Å²) >= 11 is 8.11. The van der Waals surface area contributed by atoms with Gasteiger partial charge in [-0.1, -0.05) is 35.9 Å². The summed E-state index contributed by atoms with van der Waals surface area (Å²) in [6, 6.07) is 20.2. The summed E-state index contributed by atoms with van der Waals surface area (Å²) in [4.78, 5) is 22.6. The lowest BCUT2D eigenvalue weighted by Crippen LogP contribution is -2.50. The molecule has 0 bridgehead atoms. The van der Waals surface area contributed by atoms with E-state index >= 15 is 0 Å². The van der Waals surface area contributed by atoms with Gasteiger partial charge in [-0.3, -0.25) is 9.69 Å². The first-order chi connectivity index (χ1) is 20.3. The molecule has 2 aliphatic rings. The molecule has 2 aromatic heterocycles. The highest BCUT2D eigenvalue weighted by atomic mass is 35.5. The van der Waals surface area contributed by atoms with Crippen molar-refractivity contribution in [2.24, 2.45) is 0 Å². The number of hydrogen-bond donors (Lipinski definition) is 0. The zero-order chi connectivity index (χ0) is 29.3. The fourth-order valence-corrected chi connectivity index (χ4v) is 7.49. The largest absolute Gasteiger partial charge is 0.335 e. The van der Waals surface area contributed by atoms with Crippen LogP contribution in [0, 0.1) is 0 Å². The Morgan fingerprint density at radius 1 is 0.857 bits per heavy atom. The summed E-state index contributed by atoms with van der Waals surface area (Å²) < 4.78 is 26.0. The first kappa shape index (κ1) is 29.1. The highest BCUT2D eigenvalue weighted by Crippen LogP contribution is 2.37. The van der Waals surface area contributed by atoms with E-state index in [0.29, 0.717) is 29.5 Å². The van der Waals surface area contributed by atoms with E-state index in [1.165, 1.54) is 43.5 Å². The number of likely N-dealkylation sites (tertiary alicyclic amines) is 1. The maximum atomic E-state index is 13.7. The van der Waals surface area contributed by atoms with Crippen LogP contribution in [0.25, 0.3) is 26.7 Å². The Balaban J connectivity index is 1.25. The van der Waals surface area contributed by atoms with Crippen molar-refractivity contribution in [2.45, 2.75) is 17.7 Å². The molecule has 0 spiro atoms. The van der Waals surface area contributed by atoms with Crippen LogP contribution in [0.1, 0.15) is 23.3 Å². The molecule has 6 rings (SSSR count). The molecule has 11 heteroatoms. The van der Waals surface area contributed by atoms with E-state index in [1.54, 1.807) is 22.9 Å². The molecule has 1 amide bonds. The number of hydrogen-bond acceptors (Lipinski definition) is 7. The van der Waals surface area contributed by atoms with Gasteiger partial charge in [-0.2, -0.15) is 5.10 Å². The van der Waals surface area contributed by atoms with Crippen molar-refractivity contribution in [3.8, 4) is 26.7 Å². The molecule has 2 fully saturated rings. The number of carbonyl (C=O) groups excluding carboxylic acids is 1. The van der Waals surface area contributed by atoms with E-state index in [9.17, 15) is 13.2 Å². The molecule has 4 heterocycles. The van der Waals surface area contributed by atoms with E-state index < -0.39 is 9.84 Å². The number of para-hydroxylation sites is 1. The predicted molar refractivity (Wildman–Crippen MR) is 168 cm³/mol. The van der Waals surface area contributed by atoms with Crippen molar-refractivity contribution in [1.29, 1.82) is 0 Å². The Morgan fingerprint density at radius 3 is 2.26 bits per heavy atom. The van der Waals surface area contributed by atoms with Crippen LogP contribution in [0.2, 0.25) is 5.02 Å². The normalized spacial score (nSPS) is 16.8. The summed E-state index contributed by atoms with van der Waals surface area (Å²) in [5, 5.41) is 5.31. The zero-order valence-electron chi connectivity index (χ0n) is 23.6. The van der Waals surface area contributed by atoms with Crippen LogP contribution in [0.5, 0.6) is 0 Å². The summed E-state index contributed by atoms with van der Waals surface area (Å²) in [5.41, 5.74) is 2.64. The fourth-order valence-electron chi connectivity index (χ4n) is 5.60. The number of amides is 1. The van der Waals surface area contributed by atoms with Crippen LogP contribution in [0.15, 0.2) is 71.6 Å². The molecule has 8 nitrogen and oxygen atoms in total. The second-order valence-electron chi connectivity index (χ2n) is 10.9. The number of halogens is 1. The number of thiophene rings is 1. The van der Waals surface area contributed by atoms with Gasteiger partial charge < -0.3 is 9.80 Å². The molecule has 4 aromatic rings. The number of benzene rings is 2. The number of aromatic nitrogens is 2. The lowest BCUT2D eigenvalue weighted by molar-refractivity contribution is 0.0620. The second-order valence-corrected chi connectivity index (χ2v) is 14.4. The minimum absolute atomic E-state index is 0.0844. The maximum Gasteiger partial charge on any atom is 0.274 e. The van der Waals surface area contributed by atoms with Gasteiger partial charge in [0.25, 0.3) is 5.91 Å². The summed E-state index contributed by atoms with van der Waals surface area (Å²) in [7, 11) is -3.33. The molecular formula is C31H34ClN5O3S2. The van der Waals surface area contributed by atoms with Gasteiger partial charge in [-0.25, -0.2) is 13.1 Å². The molecular weight excluding hydrogens is 590 g/mol. The average molecular weight is 624 g/mol. The number of piperazine rings is 1. The van der Waals surface area contributed by atoms with Crippen molar-refractivity contribution >= 4 is 38.7 Å². The van der Waals surface area contributed by atoms with E-state index in [2.05, 4.69) is 9.80 Å². The van der Waals surface area contributed by atoms with Crippen molar-refractivity contribution < 1.29 is 13.2 Å². The first-order valence-corrected chi connectivity index (χ1v) is 17.3. The number of carbonyl (C=O) groups is 1. The molecule has 2 aromatic carbocycles. The van der Waals surface area contributed by atoms with Crippen LogP contribution in [-0.2, 0) is 9.84 Å². The highest BCUT2D eigenvalue weighted by molar-refractivity contribution is 7.90. The van der Waals surface area contributed by atoms with Gasteiger partial charge >= 0.3 is 0 Å². The van der Waals surface area contributed by atoms with Crippen LogP contribution in [0.3, 0.4) is 0 Å². The Hall–Kier alpha value is -3.02. The van der Waals surface area contributed by atoms with Crippen molar-refractivity contribution in [1.82, 2.24) is 24.5 Å². The summed E-state index contributed by atoms with van der Waals surface area (Å²) in [6.07, 6.45) is 3.81. The molecule has 0 N–H and O–H groups in total. The van der Waals surface area contributed by atoms with Gasteiger partial charge in [0.2, 0.25) is 0 Å². The summed E-state index contributed by atoms with van der Waals surface area (Å²) in [6.45, 7) is 7.61. The molecule has 2 aliphatic heterocycles. The molecule has 0 saturated carbocycles. The van der Waals surface area contributed by atoms with Crippen LogP contribution in [-0.4, -0.2) is 97.4 Å². The highest BCUT2D eigenvalue weighted by Gasteiger charge is 2.27. The third-order valence-corrected chi connectivity index (χ3v) is 10.6. The van der Waals surface area contributed by atoms with E-state index in [0.717, 1.165) is 47.2 Å². The molecule has 0 aliphatic carbocycles. The van der Waals surface area contributed by atoms with Gasteiger partial charge in [-0.05, 0) is 74.0 Å². The second kappa shape index (κ2) is 12.3. The molecule has 42 heavy (non-hydrogen) atoms. The Kier molecular flexibility index (Phi) is 8.51. The third-order valence-electron chi connectivity index (χ3n) is 8.00. The lowest BCUT2D eigenvalue weighted by atomic mass is 10.2. The van der Waals surface area contributed by atoms with Gasteiger partial charge in [0, 0.05) is 50.4 Å². The standard InChI is InChI=1S/C31H34ClN5O3S2/c1-42(39,40)24-8-6-7-23(21-24)29-11-12-30(41-29)28-22-26(33-37(28)27-10-3-2-9-25(27)32)31(38)36-19-17-35(18-20-36)16-15-34-13-4-5-14-34/h2-3,6-12,21-22H,4-5,13-20H2,1H3. The van der Waals surface area contributed by atoms with Gasteiger partial charge in [-0.15, -0.1) is 11.3 Å². The monoisotopic (exact) mass is 623 g/mol. The van der Waals surface area contributed by atoms with Crippen LogP contribution in [0.4, 0.5) is 0 Å². The van der Waals surface area contributed by atoms with E-state index in [4.69, 9.17) is 16.7 Å². The van der Waals surface area contributed by atoms with Gasteiger partial charge in [0.1, 0.15) is 0 Å². The molecule has 0 unspecified atom stereocenters. The molecule has 0 radical (unpaired) electrons. The smallest absolute Gasteiger partial charge is 0.274 e. The number of sulfone groups is 1. The number of rotatable bonds is 8. The topological polar surface area (TPSA) is 78.8 Å². The average Bonchev–Trinajstić information content (AvgIpc) is 3.77. The molecule has 2 saturated heterocycles. The van der Waals surface area contributed by atoms with Gasteiger partial charge in [0.05, 0.1) is 26.2 Å². The van der Waals surface area contributed by atoms with Gasteiger partial charge in [0.15, 0.2) is 15.5 Å². The quantitative estimate of drug-likeness (QED) is 0.269. The SMILES string of the molecule is CS(=O)(=O)c1cccc(-c2ccc(-c3cc(C(=O)N4CCN(CCN5CCCC5)CC4)nn3-c3ccccc3Cl)s2)c1.